The van der Waals surface area contributed by atoms with Crippen molar-refractivity contribution < 1.29 is 57.7 Å². The Hall–Kier alpha value is 0.501. The molecule has 0 aliphatic heterocycles. The first-order chi connectivity index (χ1) is 17.5. The van der Waals surface area contributed by atoms with Gasteiger partial charge in [0, 0.05) is 0 Å². The summed E-state index contributed by atoms with van der Waals surface area (Å²) < 4.78 is 1.64. The van der Waals surface area contributed by atoms with Gasteiger partial charge < -0.3 is 37.2 Å². The Morgan fingerprint density at radius 3 is 1.56 bits per heavy atom. The minimum absolute atomic E-state index is 0. The summed E-state index contributed by atoms with van der Waals surface area (Å²) in [5.74, 6) is 0.695. The van der Waals surface area contributed by atoms with Crippen LogP contribution in [-0.4, -0.2) is 8.07 Å². The Balaban J connectivity index is 0. The van der Waals surface area contributed by atoms with Crippen molar-refractivity contribution in [3.8, 4) is 0 Å². The monoisotopic (exact) mass is 646 g/mol. The summed E-state index contributed by atoms with van der Waals surface area (Å²) in [6.07, 6.45) is 28.2. The van der Waals surface area contributed by atoms with Crippen LogP contribution in [0.1, 0.15) is 136 Å². The Morgan fingerprint density at radius 1 is 0.692 bits per heavy atom. The molecule has 0 heterocycles. The average molecular weight is 648 g/mol. The van der Waals surface area contributed by atoms with Crippen molar-refractivity contribution in [3.63, 3.8) is 0 Å². The van der Waals surface area contributed by atoms with Crippen LogP contribution < -0.4 is 42.4 Å². The van der Waals surface area contributed by atoms with Crippen molar-refractivity contribution in [1.82, 2.24) is 0 Å². The summed E-state index contributed by atoms with van der Waals surface area (Å²) in [6.45, 7) is 9.78. The molecule has 0 saturated heterocycles. The van der Waals surface area contributed by atoms with Gasteiger partial charge in [0.1, 0.15) is 0 Å². The van der Waals surface area contributed by atoms with Crippen LogP contribution in [-0.2, 0) is 20.4 Å². The van der Waals surface area contributed by atoms with E-state index in [1.807, 2.05) is 0 Å². The van der Waals surface area contributed by atoms with E-state index in [1.165, 1.54) is 122 Å². The molecule has 1 aliphatic rings. The van der Waals surface area contributed by atoms with Crippen molar-refractivity contribution in [3.05, 3.63) is 51.1 Å². The largest absolute Gasteiger partial charge is 1.00 e. The second-order valence-corrected chi connectivity index (χ2v) is 17.0. The summed E-state index contributed by atoms with van der Waals surface area (Å²) in [7, 11) is -1.68. The molecule has 39 heavy (non-hydrogen) atoms. The first-order valence-corrected chi connectivity index (χ1v) is 19.2. The second-order valence-electron chi connectivity index (χ2n) is 11.8. The molecule has 0 radical (unpaired) electrons. The summed E-state index contributed by atoms with van der Waals surface area (Å²) in [4.78, 5) is 0. The van der Waals surface area contributed by atoms with Crippen LogP contribution in [0.5, 0.6) is 0 Å². The molecule has 0 nitrogen and oxygen atoms in total. The first-order valence-electron chi connectivity index (χ1n) is 15.8. The van der Waals surface area contributed by atoms with Crippen LogP contribution in [0.15, 0.2) is 51.1 Å². The molecule has 0 bridgehead atoms. The van der Waals surface area contributed by atoms with Gasteiger partial charge in [-0.2, -0.15) is 0 Å². The van der Waals surface area contributed by atoms with E-state index in [0.717, 1.165) is 0 Å². The zero-order valence-electron chi connectivity index (χ0n) is 25.6. The predicted molar refractivity (Wildman–Crippen MR) is 161 cm³/mol. The number of rotatable bonds is 21. The number of allylic oxidation sites excluding steroid dienone is 4. The van der Waals surface area contributed by atoms with E-state index in [0.29, 0.717) is 5.92 Å². The molecule has 0 spiro atoms. The van der Waals surface area contributed by atoms with Crippen molar-refractivity contribution in [2.24, 2.45) is 5.92 Å². The molecule has 0 fully saturated rings. The van der Waals surface area contributed by atoms with E-state index in [9.17, 15) is 0 Å². The van der Waals surface area contributed by atoms with Gasteiger partial charge in [0.15, 0.2) is 0 Å². The number of unbranched alkanes of at least 4 members (excludes halogenated alkanes) is 15. The molecular formula is C34H57Cl3SiTi. The van der Waals surface area contributed by atoms with Gasteiger partial charge in [-0.15, -0.1) is 0 Å². The maximum Gasteiger partial charge on any atom is -1.00 e. The molecule has 2 atom stereocenters. The van der Waals surface area contributed by atoms with Gasteiger partial charge in [-0.3, -0.25) is 0 Å². The fourth-order valence-corrected chi connectivity index (χ4v) is 11.4. The smallest absolute Gasteiger partial charge is 1.00 e. The van der Waals surface area contributed by atoms with Crippen LogP contribution >= 0.6 is 0 Å². The van der Waals surface area contributed by atoms with Gasteiger partial charge in [-0.25, -0.2) is 0 Å². The van der Waals surface area contributed by atoms with Crippen molar-refractivity contribution >= 4 is 13.3 Å². The minimum atomic E-state index is -1.68. The van der Waals surface area contributed by atoms with Crippen LogP contribution in [0.4, 0.5) is 0 Å². The van der Waals surface area contributed by atoms with Gasteiger partial charge in [-0.1, -0.05) is 64.7 Å². The van der Waals surface area contributed by atoms with E-state index in [-0.39, 0.29) is 37.2 Å². The first kappa shape index (κ1) is 41.6. The second kappa shape index (κ2) is 25.0. The van der Waals surface area contributed by atoms with Crippen LogP contribution in [0.2, 0.25) is 12.6 Å². The minimum Gasteiger partial charge on any atom is -1.00 e. The number of hydrogen-bond donors (Lipinski definition) is 0. The standard InChI is InChI=1S/C34H57Si.3ClH.Ti/c1-5-7-8-9-10-11-12-13-14-15-16-17-18-19-20-24-30-35(4,32-26-22-21-23-27-32)34-29-25-28-33(34)31(3)6-2;;;;/h21-23,26-27,29,31H,5-20,24-25,30H2,1-4H3;3*1H;/q;;;;+3/p-3. The molecule has 1 aliphatic carbocycles. The summed E-state index contributed by atoms with van der Waals surface area (Å²) >= 11 is 2.39. The third-order valence-corrected chi connectivity index (χ3v) is 14.1. The normalized spacial score (nSPS) is 15.1. The Kier molecular flexibility index (Phi) is 26.7. The topological polar surface area (TPSA) is 0 Å². The molecule has 222 valence electrons. The molecule has 2 unspecified atom stereocenters. The van der Waals surface area contributed by atoms with Crippen LogP contribution in [0.25, 0.3) is 0 Å². The molecule has 0 N–H and O–H groups in total. The average Bonchev–Trinajstić information content (AvgIpc) is 3.30. The number of halogens is 3. The maximum absolute atomic E-state index is 2.67. The SMILES string of the molecule is CCCCCCCCCCCCCCCCCC[Si](C)(C1=CC[C]([Ti+3])=C1C(C)CC)c1ccccc1.[Cl-].[Cl-].[Cl-]. The zero-order chi connectivity index (χ0) is 26.1. The molecule has 5 heteroatoms. The fraction of sp³-hybridized carbons (Fsp3) is 0.706. The molecule has 0 saturated carbocycles. The third kappa shape index (κ3) is 15.0. The number of hydrogen-bond acceptors (Lipinski definition) is 0. The predicted octanol–water partition coefficient (Wildman–Crippen LogP) is 1.96. The van der Waals surface area contributed by atoms with Gasteiger partial charge in [-0.05, 0) is 0 Å². The molecule has 1 aromatic carbocycles. The van der Waals surface area contributed by atoms with E-state index in [1.54, 1.807) is 19.8 Å². The summed E-state index contributed by atoms with van der Waals surface area (Å²) in [5, 5.41) is 3.43. The number of benzene rings is 1. The molecule has 0 aromatic heterocycles. The quantitative estimate of drug-likeness (QED) is 0.142. The zero-order valence-corrected chi connectivity index (χ0v) is 30.4. The molecule has 0 amide bonds. The van der Waals surface area contributed by atoms with Gasteiger partial charge in [0.05, 0.1) is 0 Å². The summed E-state index contributed by atoms with van der Waals surface area (Å²) in [6, 6.07) is 13.0. The van der Waals surface area contributed by atoms with E-state index in [4.69, 9.17) is 0 Å². The van der Waals surface area contributed by atoms with Crippen LogP contribution in [0, 0.1) is 5.92 Å². The van der Waals surface area contributed by atoms with Gasteiger partial charge in [0.25, 0.3) is 0 Å². The maximum atomic E-state index is 2.67. The Bertz CT molecular complexity index is 780. The third-order valence-electron chi connectivity index (χ3n) is 8.77. The van der Waals surface area contributed by atoms with E-state index < -0.39 is 8.07 Å². The van der Waals surface area contributed by atoms with Crippen molar-refractivity contribution in [2.75, 3.05) is 0 Å². The van der Waals surface area contributed by atoms with Crippen LogP contribution in [0.3, 0.4) is 0 Å². The van der Waals surface area contributed by atoms with Crippen molar-refractivity contribution in [2.45, 2.75) is 149 Å². The Morgan fingerprint density at radius 2 is 1.13 bits per heavy atom. The summed E-state index contributed by atoms with van der Waals surface area (Å²) in [5.41, 5.74) is 1.73. The molecular weight excluding hydrogens is 591 g/mol. The molecule has 1 aromatic rings. The van der Waals surface area contributed by atoms with Crippen molar-refractivity contribution in [1.29, 1.82) is 0 Å². The molecule has 2 rings (SSSR count). The van der Waals surface area contributed by atoms with Gasteiger partial charge in [0.2, 0.25) is 0 Å². The van der Waals surface area contributed by atoms with Gasteiger partial charge >= 0.3 is 175 Å². The van der Waals surface area contributed by atoms with E-state index in [2.05, 4.69) is 84.2 Å². The fourth-order valence-electron chi connectivity index (χ4n) is 6.14. The van der Waals surface area contributed by atoms with E-state index >= 15 is 0 Å². The Labute approximate surface area is 275 Å².